The maximum Gasteiger partial charge on any atom is 0.239 e. The number of thioether (sulfide) groups is 1. The van der Waals surface area contributed by atoms with Crippen molar-refractivity contribution >= 4 is 23.6 Å². The fraction of sp³-hybridized carbons (Fsp3) is 0.818. The number of amides is 2. The van der Waals surface area contributed by atoms with E-state index in [1.165, 1.54) is 16.7 Å². The van der Waals surface area contributed by atoms with E-state index in [9.17, 15) is 9.59 Å². The molecule has 5 nitrogen and oxygen atoms in total. The highest BCUT2D eigenvalue weighted by Crippen LogP contribution is 2.18. The Kier molecular flexibility index (Phi) is 5.77. The quantitative estimate of drug-likeness (QED) is 0.664. The Bertz CT molecular complexity index is 282. The van der Waals surface area contributed by atoms with Crippen molar-refractivity contribution in [3.63, 3.8) is 0 Å². The van der Waals surface area contributed by atoms with Crippen molar-refractivity contribution in [2.24, 2.45) is 5.73 Å². The molecule has 17 heavy (non-hydrogen) atoms. The van der Waals surface area contributed by atoms with Crippen LogP contribution in [0.3, 0.4) is 0 Å². The molecule has 0 aliphatic heterocycles. The minimum Gasteiger partial charge on any atom is -0.352 e. The summed E-state index contributed by atoms with van der Waals surface area (Å²) in [6.45, 7) is 2.69. The molecule has 6 heteroatoms. The van der Waals surface area contributed by atoms with Crippen LogP contribution in [0.15, 0.2) is 0 Å². The first-order chi connectivity index (χ1) is 8.02. The van der Waals surface area contributed by atoms with Gasteiger partial charge in [-0.25, -0.2) is 0 Å². The summed E-state index contributed by atoms with van der Waals surface area (Å²) in [4.78, 5) is 24.6. The first kappa shape index (κ1) is 14.3. The van der Waals surface area contributed by atoms with Crippen LogP contribution in [0.25, 0.3) is 0 Å². The van der Waals surface area contributed by atoms with Gasteiger partial charge in [0, 0.05) is 24.9 Å². The number of carbonyl (C=O) groups is 2. The van der Waals surface area contributed by atoms with E-state index >= 15 is 0 Å². The summed E-state index contributed by atoms with van der Waals surface area (Å²) in [5.41, 5.74) is 5.47. The van der Waals surface area contributed by atoms with Crippen molar-refractivity contribution in [3.05, 3.63) is 0 Å². The highest BCUT2D eigenvalue weighted by molar-refractivity contribution is 8.00. The molecule has 0 spiro atoms. The summed E-state index contributed by atoms with van der Waals surface area (Å²) in [6, 6.07) is 0.345. The lowest BCUT2D eigenvalue weighted by atomic mass is 10.4. The molecule has 0 heterocycles. The fourth-order valence-corrected chi connectivity index (χ4v) is 1.98. The molecule has 1 aliphatic rings. The van der Waals surface area contributed by atoms with E-state index in [0.29, 0.717) is 18.3 Å². The zero-order chi connectivity index (χ0) is 12.8. The summed E-state index contributed by atoms with van der Waals surface area (Å²) in [5, 5.41) is 3.13. The molecule has 1 saturated carbocycles. The third-order valence-electron chi connectivity index (χ3n) is 2.57. The minimum atomic E-state index is -0.0692. The molecule has 1 atom stereocenters. The SMILES string of the molecule is CC(CN)SCC(=O)N(C)CC(=O)NC1CC1. The van der Waals surface area contributed by atoms with Crippen LogP contribution in [0.4, 0.5) is 0 Å². The first-order valence-electron chi connectivity index (χ1n) is 5.88. The second kappa shape index (κ2) is 6.86. The summed E-state index contributed by atoms with van der Waals surface area (Å²) < 4.78 is 0. The zero-order valence-corrected chi connectivity index (χ0v) is 11.3. The van der Waals surface area contributed by atoms with Crippen LogP contribution in [-0.2, 0) is 9.59 Å². The molecule has 2 amide bonds. The molecule has 3 N–H and O–H groups in total. The van der Waals surface area contributed by atoms with Crippen LogP contribution >= 0.6 is 11.8 Å². The molecule has 0 bridgehead atoms. The summed E-state index contributed by atoms with van der Waals surface area (Å²) >= 11 is 1.52. The number of hydrogen-bond donors (Lipinski definition) is 2. The van der Waals surface area contributed by atoms with E-state index in [0.717, 1.165) is 12.8 Å². The second-order valence-electron chi connectivity index (χ2n) is 4.45. The first-order valence-corrected chi connectivity index (χ1v) is 6.92. The Morgan fingerprint density at radius 3 is 2.71 bits per heavy atom. The smallest absolute Gasteiger partial charge is 0.239 e. The van der Waals surface area contributed by atoms with Gasteiger partial charge in [0.05, 0.1) is 12.3 Å². The number of nitrogens with two attached hydrogens (primary N) is 1. The third kappa shape index (κ3) is 5.93. The Balaban J connectivity index is 2.18. The van der Waals surface area contributed by atoms with E-state index in [1.54, 1.807) is 7.05 Å². The summed E-state index contributed by atoms with van der Waals surface area (Å²) in [5.74, 6) is 0.285. The lowest BCUT2D eigenvalue weighted by molar-refractivity contribution is -0.132. The van der Waals surface area contributed by atoms with Gasteiger partial charge >= 0.3 is 0 Å². The second-order valence-corrected chi connectivity index (χ2v) is 5.88. The number of hydrogen-bond acceptors (Lipinski definition) is 4. The van der Waals surface area contributed by atoms with Gasteiger partial charge in [-0.05, 0) is 12.8 Å². The third-order valence-corrected chi connectivity index (χ3v) is 3.75. The molecule has 0 radical (unpaired) electrons. The molecule has 1 unspecified atom stereocenters. The fourth-order valence-electron chi connectivity index (χ4n) is 1.20. The molecular weight excluding hydrogens is 238 g/mol. The van der Waals surface area contributed by atoms with Crippen molar-refractivity contribution in [2.75, 3.05) is 25.9 Å². The number of nitrogens with one attached hydrogen (secondary N) is 1. The molecule has 1 fully saturated rings. The lowest BCUT2D eigenvalue weighted by Gasteiger charge is -2.17. The average molecular weight is 259 g/mol. The van der Waals surface area contributed by atoms with Gasteiger partial charge in [0.1, 0.15) is 0 Å². The van der Waals surface area contributed by atoms with Gasteiger partial charge in [0.15, 0.2) is 0 Å². The molecule has 0 aromatic carbocycles. The minimum absolute atomic E-state index is 0.0266. The topological polar surface area (TPSA) is 75.4 Å². The van der Waals surface area contributed by atoms with E-state index in [2.05, 4.69) is 5.32 Å². The number of likely N-dealkylation sites (N-methyl/N-ethyl adjacent to an activating group) is 1. The maximum absolute atomic E-state index is 11.7. The van der Waals surface area contributed by atoms with E-state index in [-0.39, 0.29) is 23.6 Å². The lowest BCUT2D eigenvalue weighted by Crippen LogP contribution is -2.40. The monoisotopic (exact) mass is 259 g/mol. The number of nitrogens with zero attached hydrogens (tertiary/aromatic N) is 1. The Labute approximate surface area is 106 Å². The van der Waals surface area contributed by atoms with Gasteiger partial charge in [0.25, 0.3) is 0 Å². The normalized spacial score (nSPS) is 16.4. The van der Waals surface area contributed by atoms with Gasteiger partial charge in [-0.1, -0.05) is 6.92 Å². The van der Waals surface area contributed by atoms with E-state index in [1.807, 2.05) is 6.92 Å². The van der Waals surface area contributed by atoms with Gasteiger partial charge in [-0.15, -0.1) is 11.8 Å². The van der Waals surface area contributed by atoms with Crippen LogP contribution in [0.1, 0.15) is 19.8 Å². The molecule has 0 aromatic rings. The molecule has 1 rings (SSSR count). The van der Waals surface area contributed by atoms with Crippen molar-refractivity contribution in [3.8, 4) is 0 Å². The van der Waals surface area contributed by atoms with Crippen LogP contribution in [0.5, 0.6) is 0 Å². The number of carbonyl (C=O) groups excluding carboxylic acids is 2. The standard InChI is InChI=1S/C11H21N3O2S/c1-8(5-12)17-7-11(16)14(2)6-10(15)13-9-3-4-9/h8-9H,3-7,12H2,1-2H3,(H,13,15). The van der Waals surface area contributed by atoms with Gasteiger partial charge in [-0.2, -0.15) is 0 Å². The Morgan fingerprint density at radius 2 is 2.18 bits per heavy atom. The Morgan fingerprint density at radius 1 is 1.53 bits per heavy atom. The molecule has 0 aromatic heterocycles. The Hall–Kier alpha value is -0.750. The predicted molar refractivity (Wildman–Crippen MR) is 69.8 cm³/mol. The molecule has 98 valence electrons. The maximum atomic E-state index is 11.7. The van der Waals surface area contributed by atoms with Gasteiger partial charge < -0.3 is 16.0 Å². The highest BCUT2D eigenvalue weighted by atomic mass is 32.2. The van der Waals surface area contributed by atoms with Crippen LogP contribution in [-0.4, -0.2) is 53.9 Å². The van der Waals surface area contributed by atoms with Crippen LogP contribution in [0.2, 0.25) is 0 Å². The zero-order valence-electron chi connectivity index (χ0n) is 10.4. The van der Waals surface area contributed by atoms with Crippen molar-refractivity contribution in [1.82, 2.24) is 10.2 Å². The largest absolute Gasteiger partial charge is 0.352 e. The van der Waals surface area contributed by atoms with Crippen LogP contribution in [0, 0.1) is 0 Å². The predicted octanol–water partition coefficient (Wildman–Crippen LogP) is -0.196. The molecular formula is C11H21N3O2S. The van der Waals surface area contributed by atoms with Crippen molar-refractivity contribution < 1.29 is 9.59 Å². The van der Waals surface area contributed by atoms with Crippen molar-refractivity contribution in [2.45, 2.75) is 31.1 Å². The average Bonchev–Trinajstić information content (AvgIpc) is 3.08. The molecule has 1 aliphatic carbocycles. The van der Waals surface area contributed by atoms with E-state index in [4.69, 9.17) is 5.73 Å². The summed E-state index contributed by atoms with van der Waals surface area (Å²) in [6.07, 6.45) is 2.13. The van der Waals surface area contributed by atoms with Crippen LogP contribution < -0.4 is 11.1 Å². The number of rotatable bonds is 7. The highest BCUT2D eigenvalue weighted by Gasteiger charge is 2.24. The van der Waals surface area contributed by atoms with Crippen molar-refractivity contribution in [1.29, 1.82) is 0 Å². The van der Waals surface area contributed by atoms with Gasteiger partial charge in [0.2, 0.25) is 11.8 Å². The summed E-state index contributed by atoms with van der Waals surface area (Å²) in [7, 11) is 1.66. The molecule has 0 saturated heterocycles. The van der Waals surface area contributed by atoms with E-state index < -0.39 is 0 Å². The van der Waals surface area contributed by atoms with Gasteiger partial charge in [-0.3, -0.25) is 9.59 Å².